The summed E-state index contributed by atoms with van der Waals surface area (Å²) in [4.78, 5) is 5.12. The second kappa shape index (κ2) is 13.0. The van der Waals surface area contributed by atoms with E-state index in [-0.39, 0.29) is 0 Å². The number of benzene rings is 5. The van der Waals surface area contributed by atoms with Gasteiger partial charge < -0.3 is 0 Å². The van der Waals surface area contributed by atoms with Gasteiger partial charge in [0.15, 0.2) is 0 Å². The number of aryl methyl sites for hydroxylation is 4. The van der Waals surface area contributed by atoms with Crippen LogP contribution in [-0.2, 0) is 0 Å². The summed E-state index contributed by atoms with van der Waals surface area (Å²) >= 11 is 7.49. The fourth-order valence-corrected chi connectivity index (χ4v) is 13.0. The van der Waals surface area contributed by atoms with Crippen LogP contribution in [0, 0.1) is 27.7 Å². The largest absolute Gasteiger partial charge is 0.278 e. The highest BCUT2D eigenvalue weighted by molar-refractivity contribution is 7.29. The van der Waals surface area contributed by atoms with Crippen molar-refractivity contribution in [1.82, 2.24) is 0 Å². The molecule has 0 saturated carbocycles. The van der Waals surface area contributed by atoms with E-state index in [1.807, 2.05) is 81.7 Å². The van der Waals surface area contributed by atoms with Crippen molar-refractivity contribution in [3.05, 3.63) is 154 Å². The molecule has 8 heteroatoms. The lowest BCUT2D eigenvalue weighted by molar-refractivity contribution is 1.25. The van der Waals surface area contributed by atoms with Gasteiger partial charge in [0.2, 0.25) is 0 Å². The normalized spacial score (nSPS) is 12.9. The average Bonchev–Trinajstić information content (AvgIpc) is 4.05. The Kier molecular flexibility index (Phi) is 7.80. The van der Waals surface area contributed by atoms with E-state index in [1.165, 1.54) is 104 Å². The smallest absolute Gasteiger partial charge is 0.100 e. The summed E-state index contributed by atoms with van der Waals surface area (Å²) in [5.41, 5.74) is 13.8. The summed E-state index contributed by atoms with van der Waals surface area (Å²) in [5.74, 6) is 0. The standard InChI is InChI=1S/C48H34N4S4/c1-25-15-17-35-29(19-25)21-37(53-35)39-23-33-45(51-49-31-11-7-5-8-12-31)41-28(4)44-42(27(3)43(41)47(33)55-39)46(52-50-32-13-9-6-10-14-32)34-24-40(56-48(34)44)38-22-30-20-26(2)16-18-36(30)54-38/h5-24,49-50H,1-4H3/b51-45-,52-46-. The van der Waals surface area contributed by atoms with Crippen molar-refractivity contribution in [2.24, 2.45) is 10.2 Å². The summed E-state index contributed by atoms with van der Waals surface area (Å²) in [6.45, 7) is 8.91. The fraction of sp³-hybridized carbons (Fsp3) is 0.0833. The summed E-state index contributed by atoms with van der Waals surface area (Å²) in [6, 6.07) is 43.4. The first-order valence-corrected chi connectivity index (χ1v) is 21.9. The van der Waals surface area contributed by atoms with E-state index < -0.39 is 0 Å². The molecule has 4 nitrogen and oxygen atoms in total. The third-order valence-corrected chi connectivity index (χ3v) is 15.8. The second-order valence-corrected chi connectivity index (χ2v) is 18.9. The Labute approximate surface area is 339 Å². The highest BCUT2D eigenvalue weighted by Crippen LogP contribution is 2.48. The van der Waals surface area contributed by atoms with Crippen molar-refractivity contribution < 1.29 is 0 Å². The zero-order valence-electron chi connectivity index (χ0n) is 31.1. The Morgan fingerprint density at radius 3 is 1.25 bits per heavy atom. The molecule has 0 bridgehead atoms. The van der Waals surface area contributed by atoms with Gasteiger partial charge in [-0.15, -0.1) is 45.3 Å². The van der Waals surface area contributed by atoms with E-state index >= 15 is 0 Å². The number of para-hydroxylation sites is 2. The van der Waals surface area contributed by atoms with Crippen molar-refractivity contribution in [3.8, 4) is 19.5 Å². The summed E-state index contributed by atoms with van der Waals surface area (Å²) < 4.78 is 5.17. The summed E-state index contributed by atoms with van der Waals surface area (Å²) in [5, 5.41) is 22.4. The van der Waals surface area contributed by atoms with Gasteiger partial charge in [-0.2, -0.15) is 10.2 Å². The third-order valence-electron chi connectivity index (χ3n) is 10.9. The molecule has 0 spiro atoms. The third kappa shape index (κ3) is 5.35. The van der Waals surface area contributed by atoms with Crippen molar-refractivity contribution >= 4 is 119 Å². The zero-order valence-corrected chi connectivity index (χ0v) is 34.3. The minimum Gasteiger partial charge on any atom is -0.278 e. The maximum absolute atomic E-state index is 5.24. The first-order chi connectivity index (χ1) is 27.4. The van der Waals surface area contributed by atoms with Crippen LogP contribution in [0.25, 0.3) is 81.4 Å². The van der Waals surface area contributed by atoms with Gasteiger partial charge in [-0.25, -0.2) is 0 Å². The van der Waals surface area contributed by atoms with Gasteiger partial charge in [0.1, 0.15) is 10.7 Å². The van der Waals surface area contributed by atoms with Crippen LogP contribution in [0.1, 0.15) is 22.3 Å². The number of hydrogen-bond donors (Lipinski definition) is 2. The van der Waals surface area contributed by atoms with E-state index in [0.29, 0.717) is 0 Å². The molecule has 2 N–H and O–H groups in total. The van der Waals surface area contributed by atoms with Gasteiger partial charge in [-0.3, -0.25) is 10.9 Å². The van der Waals surface area contributed by atoms with E-state index in [0.717, 1.165) is 22.1 Å². The van der Waals surface area contributed by atoms with Crippen molar-refractivity contribution in [1.29, 1.82) is 0 Å². The Morgan fingerprint density at radius 1 is 0.411 bits per heavy atom. The average molecular weight is 795 g/mol. The van der Waals surface area contributed by atoms with Crippen LogP contribution in [0.4, 0.5) is 11.4 Å². The molecule has 4 aromatic heterocycles. The number of thiophene rings is 4. The number of rotatable bonds is 6. The molecular formula is C48H34N4S4. The molecule has 0 atom stereocenters. The van der Waals surface area contributed by atoms with Gasteiger partial charge >= 0.3 is 0 Å². The molecule has 0 aliphatic heterocycles. The van der Waals surface area contributed by atoms with E-state index in [4.69, 9.17) is 10.2 Å². The molecule has 0 saturated heterocycles. The summed E-state index contributed by atoms with van der Waals surface area (Å²) in [7, 11) is 0. The number of nitrogens with one attached hydrogen (secondary N) is 2. The number of fused-ring (bicyclic) bond motifs is 8. The van der Waals surface area contributed by atoms with Crippen LogP contribution in [-0.4, -0.2) is 0 Å². The van der Waals surface area contributed by atoms with E-state index in [9.17, 15) is 0 Å². The lowest BCUT2D eigenvalue weighted by Gasteiger charge is -2.08. The van der Waals surface area contributed by atoms with Crippen molar-refractivity contribution in [3.63, 3.8) is 0 Å². The Hall–Kier alpha value is -5.64. The first-order valence-electron chi connectivity index (χ1n) is 18.6. The maximum atomic E-state index is 5.24. The molecule has 7 aromatic carbocycles. The predicted octanol–water partition coefficient (Wildman–Crippen LogP) is 14.2. The van der Waals surface area contributed by atoms with Crippen LogP contribution in [0.3, 0.4) is 0 Å². The Balaban J connectivity index is 1.21. The molecule has 4 heterocycles. The topological polar surface area (TPSA) is 48.8 Å². The minimum absolute atomic E-state index is 0.964. The van der Waals surface area contributed by atoms with E-state index in [1.54, 1.807) is 0 Å². The first kappa shape index (κ1) is 33.7. The van der Waals surface area contributed by atoms with Crippen molar-refractivity contribution in [2.75, 3.05) is 10.9 Å². The second-order valence-electron chi connectivity index (χ2n) is 14.6. The Morgan fingerprint density at radius 2 is 0.821 bits per heavy atom. The summed E-state index contributed by atoms with van der Waals surface area (Å²) in [6.07, 6.45) is 0. The quantitative estimate of drug-likeness (QED) is 0.165. The molecule has 56 heavy (non-hydrogen) atoms. The van der Waals surface area contributed by atoms with Gasteiger partial charge in [0.05, 0.1) is 11.4 Å². The fourth-order valence-electron chi connectivity index (χ4n) is 8.24. The van der Waals surface area contributed by atoms with Gasteiger partial charge in [0, 0.05) is 70.6 Å². The van der Waals surface area contributed by atoms with Gasteiger partial charge in [0.25, 0.3) is 0 Å². The van der Waals surface area contributed by atoms with Crippen LogP contribution in [0.15, 0.2) is 132 Å². The lowest BCUT2D eigenvalue weighted by Crippen LogP contribution is -2.07. The van der Waals surface area contributed by atoms with Crippen LogP contribution in [0.5, 0.6) is 0 Å². The lowest BCUT2D eigenvalue weighted by atomic mass is 9.98. The molecular weight excluding hydrogens is 761 g/mol. The molecule has 0 aliphatic carbocycles. The Bertz CT molecular complexity index is 3230. The van der Waals surface area contributed by atoms with Gasteiger partial charge in [-0.05, 0) is 110 Å². The highest BCUT2D eigenvalue weighted by atomic mass is 32.1. The maximum Gasteiger partial charge on any atom is 0.100 e. The van der Waals surface area contributed by atoms with Crippen LogP contribution in [0.2, 0.25) is 0 Å². The van der Waals surface area contributed by atoms with Crippen molar-refractivity contribution in [2.45, 2.75) is 27.7 Å². The number of hydrogen-bond acceptors (Lipinski definition) is 8. The van der Waals surface area contributed by atoms with Crippen LogP contribution < -0.4 is 21.6 Å². The molecule has 11 aromatic rings. The molecule has 0 radical (unpaired) electrons. The molecule has 0 unspecified atom stereocenters. The molecule has 11 rings (SSSR count). The molecule has 0 fully saturated rings. The van der Waals surface area contributed by atoms with E-state index in [2.05, 4.69) is 123 Å². The highest BCUT2D eigenvalue weighted by Gasteiger charge is 2.25. The zero-order chi connectivity index (χ0) is 37.7. The van der Waals surface area contributed by atoms with Crippen LogP contribution >= 0.6 is 45.3 Å². The van der Waals surface area contributed by atoms with Gasteiger partial charge in [-0.1, -0.05) is 71.8 Å². The molecule has 0 amide bonds. The molecule has 0 aliphatic rings. The minimum atomic E-state index is 0.964. The monoisotopic (exact) mass is 794 g/mol. The number of anilines is 2. The molecule has 270 valence electrons. The SMILES string of the molecule is Cc1ccc2sc(-c3cc4/c(=N/Nc5ccccc5)c5c(C)c6c(c(C)c5c4s3)/c(=N\Nc3ccccc3)c3cc(-c4cc5cc(C)ccc5s4)sc36)cc2c1. The number of nitrogens with zero attached hydrogens (tertiary/aromatic N) is 2. The predicted molar refractivity (Wildman–Crippen MR) is 246 cm³/mol.